The Morgan fingerprint density at radius 1 is 1.04 bits per heavy atom. The molecule has 0 saturated carbocycles. The Bertz CT molecular complexity index is 918. The highest BCUT2D eigenvalue weighted by Crippen LogP contribution is 2.23. The van der Waals surface area contributed by atoms with Crippen molar-refractivity contribution in [3.8, 4) is 0 Å². The number of hydrogen-bond donors (Lipinski definition) is 1. The second-order valence-corrected chi connectivity index (χ2v) is 5.52. The minimum absolute atomic E-state index is 0.0535. The lowest BCUT2D eigenvalue weighted by Crippen LogP contribution is -2.27. The van der Waals surface area contributed by atoms with Crippen molar-refractivity contribution in [1.29, 1.82) is 0 Å². The zero-order valence-corrected chi connectivity index (χ0v) is 13.7. The number of amides is 1. The number of nitrogens with one attached hydrogen (secondary N) is 1. The molecule has 1 heterocycles. The SMILES string of the molecule is O=C(/C=C/c1ccccc1[N+](=O)[O-])NC(c1ccccc1)c1ccco1. The molecule has 0 radical (unpaired) electrons. The molecule has 0 aliphatic heterocycles. The topological polar surface area (TPSA) is 85.4 Å². The molecule has 1 atom stereocenters. The van der Waals surface area contributed by atoms with Gasteiger partial charge in [-0.25, -0.2) is 0 Å². The molecule has 0 saturated heterocycles. The summed E-state index contributed by atoms with van der Waals surface area (Å²) >= 11 is 0. The summed E-state index contributed by atoms with van der Waals surface area (Å²) in [6.07, 6.45) is 4.25. The van der Waals surface area contributed by atoms with Crippen LogP contribution in [0.1, 0.15) is 22.9 Å². The Hall–Kier alpha value is -3.67. The molecular formula is C20H16N2O4. The summed E-state index contributed by atoms with van der Waals surface area (Å²) in [5, 5.41) is 13.9. The van der Waals surface area contributed by atoms with Gasteiger partial charge in [-0.3, -0.25) is 14.9 Å². The van der Waals surface area contributed by atoms with Crippen molar-refractivity contribution < 1.29 is 14.1 Å². The third-order valence-corrected chi connectivity index (χ3v) is 3.79. The molecule has 3 aromatic rings. The van der Waals surface area contributed by atoms with Crippen LogP contribution in [0.25, 0.3) is 6.08 Å². The average Bonchev–Trinajstić information content (AvgIpc) is 3.19. The summed E-state index contributed by atoms with van der Waals surface area (Å²) in [5.41, 5.74) is 1.18. The minimum Gasteiger partial charge on any atom is -0.467 e. The van der Waals surface area contributed by atoms with E-state index in [1.54, 1.807) is 36.6 Å². The van der Waals surface area contributed by atoms with Crippen molar-refractivity contribution in [2.24, 2.45) is 0 Å². The Morgan fingerprint density at radius 2 is 1.77 bits per heavy atom. The molecule has 3 rings (SSSR count). The number of rotatable bonds is 6. The Morgan fingerprint density at radius 3 is 2.46 bits per heavy atom. The lowest BCUT2D eigenvalue weighted by atomic mass is 10.0. The number of nitro benzene ring substituents is 1. The first kappa shape index (κ1) is 17.2. The molecule has 6 heteroatoms. The first-order valence-electron chi connectivity index (χ1n) is 7.95. The Labute approximate surface area is 149 Å². The van der Waals surface area contributed by atoms with Crippen LogP contribution in [0.2, 0.25) is 0 Å². The number of para-hydroxylation sites is 1. The van der Waals surface area contributed by atoms with E-state index in [1.165, 1.54) is 18.2 Å². The standard InChI is InChI=1S/C20H16N2O4/c23-19(13-12-15-7-4-5-10-17(15)22(24)25)21-20(18-11-6-14-26-18)16-8-2-1-3-9-16/h1-14,20H,(H,21,23)/b13-12+. The average molecular weight is 348 g/mol. The Balaban J connectivity index is 1.80. The lowest BCUT2D eigenvalue weighted by molar-refractivity contribution is -0.385. The van der Waals surface area contributed by atoms with Gasteiger partial charge in [-0.15, -0.1) is 0 Å². The maximum Gasteiger partial charge on any atom is 0.276 e. The molecule has 1 aromatic heterocycles. The van der Waals surface area contributed by atoms with Crippen LogP contribution < -0.4 is 5.32 Å². The van der Waals surface area contributed by atoms with Crippen molar-refractivity contribution in [2.75, 3.05) is 0 Å². The monoisotopic (exact) mass is 348 g/mol. The van der Waals surface area contributed by atoms with Gasteiger partial charge >= 0.3 is 0 Å². The van der Waals surface area contributed by atoms with E-state index in [0.717, 1.165) is 5.56 Å². The first-order valence-corrected chi connectivity index (χ1v) is 7.95. The van der Waals surface area contributed by atoms with Crippen molar-refractivity contribution >= 4 is 17.7 Å². The molecule has 0 spiro atoms. The fourth-order valence-corrected chi connectivity index (χ4v) is 2.57. The van der Waals surface area contributed by atoms with Gasteiger partial charge < -0.3 is 9.73 Å². The fourth-order valence-electron chi connectivity index (χ4n) is 2.57. The van der Waals surface area contributed by atoms with E-state index in [4.69, 9.17) is 4.42 Å². The van der Waals surface area contributed by atoms with Gasteiger partial charge in [-0.1, -0.05) is 42.5 Å². The molecule has 6 nitrogen and oxygen atoms in total. The molecule has 0 bridgehead atoms. The van der Waals surface area contributed by atoms with Gasteiger partial charge in [0.2, 0.25) is 5.91 Å². The highest BCUT2D eigenvalue weighted by Gasteiger charge is 2.18. The predicted molar refractivity (Wildman–Crippen MR) is 97.3 cm³/mol. The van der Waals surface area contributed by atoms with Gasteiger partial charge in [-0.2, -0.15) is 0 Å². The number of benzene rings is 2. The highest BCUT2D eigenvalue weighted by molar-refractivity contribution is 5.92. The zero-order chi connectivity index (χ0) is 18.4. The quantitative estimate of drug-likeness (QED) is 0.413. The molecule has 0 aliphatic rings. The van der Waals surface area contributed by atoms with Gasteiger partial charge in [0, 0.05) is 12.1 Å². The largest absolute Gasteiger partial charge is 0.467 e. The van der Waals surface area contributed by atoms with Gasteiger partial charge in [0.15, 0.2) is 0 Å². The molecule has 0 aliphatic carbocycles. The number of nitro groups is 1. The van der Waals surface area contributed by atoms with E-state index in [-0.39, 0.29) is 11.6 Å². The molecular weight excluding hydrogens is 332 g/mol. The lowest BCUT2D eigenvalue weighted by Gasteiger charge is -2.16. The zero-order valence-electron chi connectivity index (χ0n) is 13.7. The highest BCUT2D eigenvalue weighted by atomic mass is 16.6. The fraction of sp³-hybridized carbons (Fsp3) is 0.0500. The summed E-state index contributed by atoms with van der Waals surface area (Å²) < 4.78 is 5.44. The van der Waals surface area contributed by atoms with Crippen molar-refractivity contribution in [1.82, 2.24) is 5.32 Å². The first-order chi connectivity index (χ1) is 12.6. The molecule has 1 unspecified atom stereocenters. The number of hydrogen-bond acceptors (Lipinski definition) is 4. The Kier molecular flexibility index (Phi) is 5.24. The number of carbonyl (C=O) groups excluding carboxylic acids is 1. The number of nitrogens with zero attached hydrogens (tertiary/aromatic N) is 1. The van der Waals surface area contributed by atoms with E-state index >= 15 is 0 Å². The van der Waals surface area contributed by atoms with Crippen molar-refractivity contribution in [2.45, 2.75) is 6.04 Å². The van der Waals surface area contributed by atoms with Gasteiger partial charge in [0.25, 0.3) is 5.69 Å². The second kappa shape index (κ2) is 7.94. The van der Waals surface area contributed by atoms with E-state index in [0.29, 0.717) is 11.3 Å². The summed E-state index contributed by atoms with van der Waals surface area (Å²) in [6.45, 7) is 0. The van der Waals surface area contributed by atoms with Crippen LogP contribution in [0.5, 0.6) is 0 Å². The van der Waals surface area contributed by atoms with Gasteiger partial charge in [-0.05, 0) is 29.8 Å². The number of furan rings is 1. The van der Waals surface area contributed by atoms with E-state index in [1.807, 2.05) is 30.3 Å². The summed E-state index contributed by atoms with van der Waals surface area (Å²) in [5.74, 6) is 0.219. The molecule has 0 fully saturated rings. The van der Waals surface area contributed by atoms with Gasteiger partial charge in [0.05, 0.1) is 16.7 Å². The third kappa shape index (κ3) is 4.05. The normalized spacial score (nSPS) is 12.0. The molecule has 26 heavy (non-hydrogen) atoms. The van der Waals surface area contributed by atoms with Crippen LogP contribution in [-0.2, 0) is 4.79 Å². The predicted octanol–water partition coefficient (Wildman–Crippen LogP) is 4.11. The van der Waals surface area contributed by atoms with Crippen LogP contribution in [-0.4, -0.2) is 10.8 Å². The van der Waals surface area contributed by atoms with Crippen LogP contribution in [0.4, 0.5) is 5.69 Å². The van der Waals surface area contributed by atoms with E-state index < -0.39 is 11.0 Å². The minimum atomic E-state index is -0.479. The van der Waals surface area contributed by atoms with Crippen LogP contribution in [0, 0.1) is 10.1 Å². The van der Waals surface area contributed by atoms with Crippen LogP contribution in [0.3, 0.4) is 0 Å². The smallest absolute Gasteiger partial charge is 0.276 e. The molecule has 1 N–H and O–H groups in total. The molecule has 2 aromatic carbocycles. The maximum absolute atomic E-state index is 12.4. The maximum atomic E-state index is 12.4. The van der Waals surface area contributed by atoms with Crippen LogP contribution >= 0.6 is 0 Å². The van der Waals surface area contributed by atoms with E-state index in [9.17, 15) is 14.9 Å². The van der Waals surface area contributed by atoms with Gasteiger partial charge in [0.1, 0.15) is 11.8 Å². The number of carbonyl (C=O) groups is 1. The van der Waals surface area contributed by atoms with Crippen molar-refractivity contribution in [3.05, 3.63) is 106 Å². The summed E-state index contributed by atoms with van der Waals surface area (Å²) in [7, 11) is 0. The summed E-state index contributed by atoms with van der Waals surface area (Å²) in [6, 6.07) is 18.7. The molecule has 130 valence electrons. The molecule has 1 amide bonds. The second-order valence-electron chi connectivity index (χ2n) is 5.52. The van der Waals surface area contributed by atoms with Crippen LogP contribution in [0.15, 0.2) is 83.5 Å². The van der Waals surface area contributed by atoms with E-state index in [2.05, 4.69) is 5.32 Å². The summed E-state index contributed by atoms with van der Waals surface area (Å²) in [4.78, 5) is 22.9. The van der Waals surface area contributed by atoms with Crippen molar-refractivity contribution in [3.63, 3.8) is 0 Å². The third-order valence-electron chi connectivity index (χ3n) is 3.79.